The van der Waals surface area contributed by atoms with Gasteiger partial charge < -0.3 is 15.2 Å². The second kappa shape index (κ2) is 4.22. The zero-order chi connectivity index (χ0) is 11.5. The van der Waals surface area contributed by atoms with E-state index in [9.17, 15) is 9.59 Å². The first kappa shape index (κ1) is 10.5. The van der Waals surface area contributed by atoms with E-state index >= 15 is 0 Å². The van der Waals surface area contributed by atoms with Gasteiger partial charge in [0.2, 0.25) is 0 Å². The molecule has 0 radical (unpaired) electrons. The van der Waals surface area contributed by atoms with Gasteiger partial charge >= 0.3 is 5.97 Å². The molecule has 0 spiro atoms. The van der Waals surface area contributed by atoms with Crippen LogP contribution in [0.1, 0.15) is 5.56 Å². The lowest BCUT2D eigenvalue weighted by molar-refractivity contribution is -0.157. The molecule has 0 bridgehead atoms. The van der Waals surface area contributed by atoms with Crippen molar-refractivity contribution in [3.63, 3.8) is 0 Å². The molecule has 0 aliphatic carbocycles. The molecule has 5 nitrogen and oxygen atoms in total. The van der Waals surface area contributed by atoms with E-state index in [4.69, 9.17) is 9.84 Å². The summed E-state index contributed by atoms with van der Waals surface area (Å²) in [7, 11) is 0. The number of aromatic hydroxyl groups is 1. The Balaban J connectivity index is 2.05. The minimum absolute atomic E-state index is 0.166. The molecule has 84 valence electrons. The number of amides is 1. The molecule has 1 aromatic carbocycles. The Morgan fingerprint density at radius 2 is 2.00 bits per heavy atom. The van der Waals surface area contributed by atoms with Crippen LogP contribution in [0.2, 0.25) is 0 Å². The van der Waals surface area contributed by atoms with Crippen LogP contribution in [-0.4, -0.2) is 29.6 Å². The Labute approximate surface area is 92.0 Å². The fourth-order valence-electron chi connectivity index (χ4n) is 1.53. The van der Waals surface area contributed by atoms with E-state index in [1.54, 1.807) is 12.1 Å². The first-order valence-electron chi connectivity index (χ1n) is 4.89. The number of esters is 1. The summed E-state index contributed by atoms with van der Waals surface area (Å²) in [5.74, 6) is -0.546. The van der Waals surface area contributed by atoms with Gasteiger partial charge in [-0.2, -0.15) is 0 Å². The number of morpholine rings is 1. The SMILES string of the molecule is O=C1COC(=O)C(Cc2ccc(O)cc2)N1. The standard InChI is InChI=1S/C11H11NO4/c13-8-3-1-7(2-4-8)5-9-11(15)16-6-10(14)12-9/h1-4,9,13H,5-6H2,(H,12,14). The van der Waals surface area contributed by atoms with E-state index in [1.807, 2.05) is 0 Å². The molecule has 0 saturated carbocycles. The van der Waals surface area contributed by atoms with Crippen molar-refractivity contribution in [3.8, 4) is 5.75 Å². The van der Waals surface area contributed by atoms with E-state index in [0.29, 0.717) is 6.42 Å². The molecule has 2 rings (SSSR count). The predicted molar refractivity (Wildman–Crippen MR) is 54.7 cm³/mol. The Bertz CT molecular complexity index is 412. The molecular formula is C11H11NO4. The summed E-state index contributed by atoms with van der Waals surface area (Å²) < 4.78 is 4.70. The van der Waals surface area contributed by atoms with Crippen molar-refractivity contribution < 1.29 is 19.4 Å². The van der Waals surface area contributed by atoms with E-state index in [2.05, 4.69) is 5.32 Å². The molecule has 1 amide bonds. The van der Waals surface area contributed by atoms with Crippen LogP contribution in [0.4, 0.5) is 0 Å². The predicted octanol–water partition coefficient (Wildman–Crippen LogP) is -0.0237. The summed E-state index contributed by atoms with van der Waals surface area (Å²) in [6, 6.07) is 5.83. The number of carbonyl (C=O) groups excluding carboxylic acids is 2. The molecule has 2 N–H and O–H groups in total. The lowest BCUT2D eigenvalue weighted by Crippen LogP contribution is -2.50. The molecule has 0 aromatic heterocycles. The van der Waals surface area contributed by atoms with Gasteiger partial charge in [0.05, 0.1) is 0 Å². The van der Waals surface area contributed by atoms with Crippen molar-refractivity contribution in [2.24, 2.45) is 0 Å². The van der Waals surface area contributed by atoms with Gasteiger partial charge in [0, 0.05) is 6.42 Å². The Morgan fingerprint density at radius 1 is 1.31 bits per heavy atom. The Hall–Kier alpha value is -2.04. The number of phenols is 1. The van der Waals surface area contributed by atoms with Crippen molar-refractivity contribution in [3.05, 3.63) is 29.8 Å². The van der Waals surface area contributed by atoms with Gasteiger partial charge in [-0.25, -0.2) is 4.79 Å². The van der Waals surface area contributed by atoms with Crippen molar-refractivity contribution in [2.75, 3.05) is 6.61 Å². The number of hydrogen-bond acceptors (Lipinski definition) is 4. The van der Waals surface area contributed by atoms with Crippen LogP contribution in [0.3, 0.4) is 0 Å². The molecule has 1 fully saturated rings. The van der Waals surface area contributed by atoms with E-state index in [-0.39, 0.29) is 18.3 Å². The van der Waals surface area contributed by atoms with Crippen LogP contribution in [0.5, 0.6) is 5.75 Å². The number of ether oxygens (including phenoxy) is 1. The zero-order valence-corrected chi connectivity index (χ0v) is 8.47. The fourth-order valence-corrected chi connectivity index (χ4v) is 1.53. The summed E-state index contributed by atoms with van der Waals surface area (Å²) in [5.41, 5.74) is 0.849. The van der Waals surface area contributed by atoms with E-state index in [1.165, 1.54) is 12.1 Å². The lowest BCUT2D eigenvalue weighted by Gasteiger charge is -2.22. The van der Waals surface area contributed by atoms with Gasteiger partial charge in [0.15, 0.2) is 6.61 Å². The number of rotatable bonds is 2. The minimum Gasteiger partial charge on any atom is -0.508 e. The molecule has 1 saturated heterocycles. The highest BCUT2D eigenvalue weighted by molar-refractivity contribution is 5.90. The van der Waals surface area contributed by atoms with Crippen molar-refractivity contribution in [1.29, 1.82) is 0 Å². The van der Waals surface area contributed by atoms with Crippen LogP contribution in [0, 0.1) is 0 Å². The van der Waals surface area contributed by atoms with Crippen LogP contribution < -0.4 is 5.32 Å². The maximum atomic E-state index is 11.3. The van der Waals surface area contributed by atoms with Gasteiger partial charge in [-0.05, 0) is 17.7 Å². The summed E-state index contributed by atoms with van der Waals surface area (Å²) in [5, 5.41) is 11.6. The molecule has 16 heavy (non-hydrogen) atoms. The van der Waals surface area contributed by atoms with Gasteiger partial charge in [-0.1, -0.05) is 12.1 Å². The van der Waals surface area contributed by atoms with Gasteiger partial charge in [-0.15, -0.1) is 0 Å². The highest BCUT2D eigenvalue weighted by Gasteiger charge is 2.27. The van der Waals surface area contributed by atoms with Crippen molar-refractivity contribution in [2.45, 2.75) is 12.5 Å². The summed E-state index contributed by atoms with van der Waals surface area (Å²) in [4.78, 5) is 22.4. The molecule has 1 aliphatic heterocycles. The third-order valence-corrected chi connectivity index (χ3v) is 2.34. The van der Waals surface area contributed by atoms with Gasteiger partial charge in [0.1, 0.15) is 11.8 Å². The maximum absolute atomic E-state index is 11.3. The van der Waals surface area contributed by atoms with Gasteiger partial charge in [0.25, 0.3) is 5.91 Å². The fraction of sp³-hybridized carbons (Fsp3) is 0.273. The monoisotopic (exact) mass is 221 g/mol. The average molecular weight is 221 g/mol. The molecule has 1 heterocycles. The third-order valence-electron chi connectivity index (χ3n) is 2.34. The molecule has 5 heteroatoms. The normalized spacial score (nSPS) is 20.1. The van der Waals surface area contributed by atoms with Crippen LogP contribution in [0.15, 0.2) is 24.3 Å². The topological polar surface area (TPSA) is 75.6 Å². The van der Waals surface area contributed by atoms with E-state index in [0.717, 1.165) is 5.56 Å². The number of cyclic esters (lactones) is 1. The maximum Gasteiger partial charge on any atom is 0.329 e. The molecule has 1 unspecified atom stereocenters. The zero-order valence-electron chi connectivity index (χ0n) is 8.47. The number of hydrogen-bond donors (Lipinski definition) is 2. The summed E-state index contributed by atoms with van der Waals surface area (Å²) >= 11 is 0. The second-order valence-corrected chi connectivity index (χ2v) is 3.60. The van der Waals surface area contributed by atoms with Crippen LogP contribution in [-0.2, 0) is 20.7 Å². The number of benzene rings is 1. The third kappa shape index (κ3) is 2.31. The minimum atomic E-state index is -0.634. The lowest BCUT2D eigenvalue weighted by atomic mass is 10.1. The smallest absolute Gasteiger partial charge is 0.329 e. The summed E-state index contributed by atoms with van der Waals surface area (Å²) in [6.07, 6.45) is 0.366. The second-order valence-electron chi connectivity index (χ2n) is 3.60. The number of phenolic OH excluding ortho intramolecular Hbond substituents is 1. The number of carbonyl (C=O) groups is 2. The van der Waals surface area contributed by atoms with Gasteiger partial charge in [-0.3, -0.25) is 4.79 Å². The van der Waals surface area contributed by atoms with Crippen LogP contribution >= 0.6 is 0 Å². The molecule has 1 aliphatic rings. The van der Waals surface area contributed by atoms with Crippen molar-refractivity contribution >= 4 is 11.9 Å². The Kier molecular flexibility index (Phi) is 2.76. The first-order chi connectivity index (χ1) is 7.65. The van der Waals surface area contributed by atoms with Crippen molar-refractivity contribution in [1.82, 2.24) is 5.32 Å². The average Bonchev–Trinajstić information content (AvgIpc) is 2.27. The highest BCUT2D eigenvalue weighted by atomic mass is 16.5. The van der Waals surface area contributed by atoms with Crippen LogP contribution in [0.25, 0.3) is 0 Å². The molecule has 1 aromatic rings. The quantitative estimate of drug-likeness (QED) is 0.688. The summed E-state index contributed by atoms with van der Waals surface area (Å²) in [6.45, 7) is -0.203. The number of nitrogens with one attached hydrogen (secondary N) is 1. The Morgan fingerprint density at radius 3 is 2.69 bits per heavy atom. The highest BCUT2D eigenvalue weighted by Crippen LogP contribution is 2.12. The molecular weight excluding hydrogens is 210 g/mol. The van der Waals surface area contributed by atoms with E-state index < -0.39 is 12.0 Å². The first-order valence-corrected chi connectivity index (χ1v) is 4.89. The largest absolute Gasteiger partial charge is 0.508 e. The molecule has 1 atom stereocenters.